The molecule has 0 unspecified atom stereocenters. The van der Waals surface area contributed by atoms with Crippen LogP contribution in [0.2, 0.25) is 0 Å². The number of ether oxygens (including phenoxy) is 1. The molecule has 0 radical (unpaired) electrons. The fraction of sp³-hybridized carbons (Fsp3) is 0.533. The summed E-state index contributed by atoms with van der Waals surface area (Å²) in [6.07, 6.45) is -3.01. The molecule has 0 aliphatic rings. The van der Waals surface area contributed by atoms with Crippen LogP contribution in [0.25, 0.3) is 0 Å². The molecular weight excluding hydrogens is 299 g/mol. The number of hydrogen-bond acceptors (Lipinski definition) is 3. The number of nitrogens with zero attached hydrogens (tertiary/aromatic N) is 1. The van der Waals surface area contributed by atoms with Crippen molar-refractivity contribution in [2.24, 2.45) is 5.41 Å². The van der Waals surface area contributed by atoms with Gasteiger partial charge in [0, 0.05) is 5.41 Å². The lowest BCUT2D eigenvalue weighted by Gasteiger charge is -2.30. The molecule has 0 aromatic heterocycles. The Bertz CT molecular complexity index is 510. The second-order valence-corrected chi connectivity index (χ2v) is 5.29. The monoisotopic (exact) mass is 317 g/mol. The Hall–Kier alpha value is -1.35. The first kappa shape index (κ1) is 17.7. The van der Waals surface area contributed by atoms with Crippen LogP contribution >= 0.6 is 12.6 Å². The summed E-state index contributed by atoms with van der Waals surface area (Å²) in [7, 11) is 0. The highest BCUT2D eigenvalue weighted by Crippen LogP contribution is 2.38. The molecule has 0 aliphatic heterocycles. The first-order chi connectivity index (χ1) is 9.81. The molecule has 0 bridgehead atoms. The number of halogens is 3. The van der Waals surface area contributed by atoms with Crippen LogP contribution in [-0.4, -0.2) is 12.4 Å². The van der Waals surface area contributed by atoms with Gasteiger partial charge in [0.2, 0.25) is 0 Å². The average Bonchev–Trinajstić information content (AvgIpc) is 2.48. The van der Waals surface area contributed by atoms with Crippen molar-refractivity contribution in [3.63, 3.8) is 0 Å². The molecule has 0 heterocycles. The highest BCUT2D eigenvalue weighted by molar-refractivity contribution is 7.80. The Morgan fingerprint density at radius 1 is 1.24 bits per heavy atom. The second kappa shape index (κ2) is 7.08. The molecule has 0 atom stereocenters. The van der Waals surface area contributed by atoms with Crippen molar-refractivity contribution in [1.29, 1.82) is 5.26 Å². The molecule has 0 spiro atoms. The van der Waals surface area contributed by atoms with E-state index in [0.717, 1.165) is 18.9 Å². The summed E-state index contributed by atoms with van der Waals surface area (Å²) in [5, 5.41) is 8.72. The zero-order valence-corrected chi connectivity index (χ0v) is 12.9. The van der Waals surface area contributed by atoms with E-state index in [9.17, 15) is 13.2 Å². The van der Waals surface area contributed by atoms with Gasteiger partial charge in [-0.3, -0.25) is 0 Å². The molecule has 6 heteroatoms. The smallest absolute Gasteiger partial charge is 0.420 e. The number of alkyl halides is 3. The molecule has 0 saturated carbocycles. The summed E-state index contributed by atoms with van der Waals surface area (Å²) in [5.41, 5.74) is -1.21. The minimum Gasteiger partial charge on any atom is -0.492 e. The minimum atomic E-state index is -4.55. The maximum atomic E-state index is 13.0. The van der Waals surface area contributed by atoms with Gasteiger partial charge in [-0.05, 0) is 36.8 Å². The topological polar surface area (TPSA) is 33.0 Å². The van der Waals surface area contributed by atoms with E-state index in [1.54, 1.807) is 6.07 Å². The second-order valence-electron chi connectivity index (χ2n) is 4.97. The molecule has 0 amide bonds. The van der Waals surface area contributed by atoms with E-state index in [4.69, 9.17) is 10.00 Å². The van der Waals surface area contributed by atoms with E-state index < -0.39 is 11.7 Å². The normalized spacial score (nSPS) is 12.0. The summed E-state index contributed by atoms with van der Waals surface area (Å²) in [5.74, 6) is 0.298. The largest absolute Gasteiger partial charge is 0.492 e. The SMILES string of the molecule is CCC(CC)(CS)COc1ccc(C#N)cc1C(F)(F)F. The Labute approximate surface area is 128 Å². The number of rotatable bonds is 6. The summed E-state index contributed by atoms with van der Waals surface area (Å²) >= 11 is 4.28. The molecule has 1 aromatic carbocycles. The third-order valence-corrected chi connectivity index (χ3v) is 4.45. The summed E-state index contributed by atoms with van der Waals surface area (Å²) < 4.78 is 44.5. The van der Waals surface area contributed by atoms with E-state index in [2.05, 4.69) is 12.6 Å². The number of thiol groups is 1. The summed E-state index contributed by atoms with van der Waals surface area (Å²) in [6.45, 7) is 4.09. The maximum Gasteiger partial charge on any atom is 0.420 e. The predicted octanol–water partition coefficient (Wildman–Crippen LogP) is 4.69. The van der Waals surface area contributed by atoms with Crippen molar-refractivity contribution in [3.8, 4) is 11.8 Å². The van der Waals surface area contributed by atoms with Crippen LogP contribution in [-0.2, 0) is 6.18 Å². The standard InChI is InChI=1S/C15H18F3NOS/c1-3-14(4-2,10-21)9-20-13-6-5-11(8-19)7-12(13)15(16,17)18/h5-7,21H,3-4,9-10H2,1-2H3. The maximum absolute atomic E-state index is 13.0. The Morgan fingerprint density at radius 2 is 1.86 bits per heavy atom. The lowest BCUT2D eigenvalue weighted by Crippen LogP contribution is -2.29. The van der Waals surface area contributed by atoms with Crippen LogP contribution in [0.1, 0.15) is 37.8 Å². The molecule has 116 valence electrons. The fourth-order valence-electron chi connectivity index (χ4n) is 1.90. The van der Waals surface area contributed by atoms with E-state index in [0.29, 0.717) is 5.75 Å². The Morgan fingerprint density at radius 3 is 2.29 bits per heavy atom. The molecule has 1 aromatic rings. The first-order valence-electron chi connectivity index (χ1n) is 6.67. The van der Waals surface area contributed by atoms with Gasteiger partial charge >= 0.3 is 6.18 Å². The van der Waals surface area contributed by atoms with E-state index in [1.807, 2.05) is 13.8 Å². The van der Waals surface area contributed by atoms with Crippen molar-refractivity contribution >= 4 is 12.6 Å². The van der Waals surface area contributed by atoms with Crippen LogP contribution in [0.5, 0.6) is 5.75 Å². The van der Waals surface area contributed by atoms with Gasteiger partial charge in [0.05, 0.1) is 23.8 Å². The van der Waals surface area contributed by atoms with Crippen molar-refractivity contribution < 1.29 is 17.9 Å². The molecule has 0 N–H and O–H groups in total. The zero-order chi connectivity index (χ0) is 16.1. The third-order valence-electron chi connectivity index (χ3n) is 3.78. The highest BCUT2D eigenvalue weighted by Gasteiger charge is 2.35. The van der Waals surface area contributed by atoms with Crippen LogP contribution < -0.4 is 4.74 Å². The number of nitriles is 1. The summed E-state index contributed by atoms with van der Waals surface area (Å²) in [4.78, 5) is 0. The lowest BCUT2D eigenvalue weighted by atomic mass is 9.85. The quantitative estimate of drug-likeness (QED) is 0.772. The Kier molecular flexibility index (Phi) is 5.97. The van der Waals surface area contributed by atoms with E-state index >= 15 is 0 Å². The van der Waals surface area contributed by atoms with E-state index in [-0.39, 0.29) is 23.3 Å². The van der Waals surface area contributed by atoms with Crippen molar-refractivity contribution in [2.45, 2.75) is 32.9 Å². The van der Waals surface area contributed by atoms with Gasteiger partial charge in [0.15, 0.2) is 0 Å². The Balaban J connectivity index is 3.06. The van der Waals surface area contributed by atoms with Crippen LogP contribution in [0.15, 0.2) is 18.2 Å². The molecule has 21 heavy (non-hydrogen) atoms. The van der Waals surface area contributed by atoms with Crippen LogP contribution in [0.3, 0.4) is 0 Å². The van der Waals surface area contributed by atoms with Crippen LogP contribution in [0.4, 0.5) is 13.2 Å². The molecule has 2 nitrogen and oxygen atoms in total. The van der Waals surface area contributed by atoms with Gasteiger partial charge in [0.25, 0.3) is 0 Å². The molecule has 0 fully saturated rings. The third kappa shape index (κ3) is 4.31. The first-order valence-corrected chi connectivity index (χ1v) is 7.30. The predicted molar refractivity (Wildman–Crippen MR) is 78.5 cm³/mol. The van der Waals surface area contributed by atoms with Gasteiger partial charge in [-0.2, -0.15) is 31.1 Å². The molecular formula is C15H18F3NOS. The number of hydrogen-bond donors (Lipinski definition) is 1. The minimum absolute atomic E-state index is 0.0406. The molecule has 0 saturated heterocycles. The van der Waals surface area contributed by atoms with Gasteiger partial charge in [-0.25, -0.2) is 0 Å². The molecule has 0 aliphatic carbocycles. The van der Waals surface area contributed by atoms with Gasteiger partial charge in [-0.1, -0.05) is 13.8 Å². The van der Waals surface area contributed by atoms with E-state index in [1.165, 1.54) is 12.1 Å². The van der Waals surface area contributed by atoms with Crippen molar-refractivity contribution in [3.05, 3.63) is 29.3 Å². The zero-order valence-electron chi connectivity index (χ0n) is 12.0. The van der Waals surface area contributed by atoms with Crippen LogP contribution in [0, 0.1) is 16.7 Å². The van der Waals surface area contributed by atoms with Gasteiger partial charge < -0.3 is 4.74 Å². The summed E-state index contributed by atoms with van der Waals surface area (Å²) in [6, 6.07) is 5.05. The van der Waals surface area contributed by atoms with Crippen molar-refractivity contribution in [2.75, 3.05) is 12.4 Å². The molecule has 1 rings (SSSR count). The van der Waals surface area contributed by atoms with Gasteiger partial charge in [-0.15, -0.1) is 0 Å². The van der Waals surface area contributed by atoms with Crippen molar-refractivity contribution in [1.82, 2.24) is 0 Å². The average molecular weight is 317 g/mol. The number of benzene rings is 1. The lowest BCUT2D eigenvalue weighted by molar-refractivity contribution is -0.139. The fourth-order valence-corrected chi connectivity index (χ4v) is 2.44. The van der Waals surface area contributed by atoms with Gasteiger partial charge in [0.1, 0.15) is 5.75 Å². The highest BCUT2D eigenvalue weighted by atomic mass is 32.1.